The maximum Gasteiger partial charge on any atom is 0.309 e. The van der Waals surface area contributed by atoms with Gasteiger partial charge in [-0.1, -0.05) is 19.9 Å². The van der Waals surface area contributed by atoms with Gasteiger partial charge in [0.15, 0.2) is 11.7 Å². The van der Waals surface area contributed by atoms with Crippen LogP contribution in [-0.2, 0) is 23.8 Å². The molecule has 0 saturated carbocycles. The van der Waals surface area contributed by atoms with Crippen molar-refractivity contribution in [1.82, 2.24) is 0 Å². The summed E-state index contributed by atoms with van der Waals surface area (Å²) in [5, 5.41) is 0. The Morgan fingerprint density at radius 2 is 2.08 bits per heavy atom. The largest absolute Gasteiger partial charge is 0.459 e. The normalized spacial score (nSPS) is 30.8. The Labute approximate surface area is 147 Å². The van der Waals surface area contributed by atoms with Crippen molar-refractivity contribution in [3.05, 3.63) is 23.3 Å². The molecule has 136 valence electrons. The number of esters is 2. The number of hydrogen-bond donors (Lipinski definition) is 0. The molecule has 6 nitrogen and oxygen atoms in total. The van der Waals surface area contributed by atoms with Gasteiger partial charge in [0.25, 0.3) is 0 Å². The molecule has 3 rings (SSSR count). The predicted octanol–water partition coefficient (Wildman–Crippen LogP) is 2.37. The minimum Gasteiger partial charge on any atom is -0.459 e. The van der Waals surface area contributed by atoms with E-state index in [0.717, 1.165) is 29.8 Å². The van der Waals surface area contributed by atoms with Crippen molar-refractivity contribution in [3.8, 4) is 0 Å². The molecule has 3 aliphatic rings. The van der Waals surface area contributed by atoms with E-state index in [1.54, 1.807) is 20.8 Å². The van der Waals surface area contributed by atoms with Gasteiger partial charge in [0.05, 0.1) is 11.6 Å². The summed E-state index contributed by atoms with van der Waals surface area (Å²) >= 11 is 0. The second kappa shape index (κ2) is 6.41. The molecule has 25 heavy (non-hydrogen) atoms. The average Bonchev–Trinajstić information content (AvgIpc) is 3.21. The molecule has 1 fully saturated rings. The number of hydrogen-bond acceptors (Lipinski definition) is 6. The molecular weight excluding hydrogens is 322 g/mol. The molecule has 2 aliphatic heterocycles. The summed E-state index contributed by atoms with van der Waals surface area (Å²) in [4.78, 5) is 28.0. The Morgan fingerprint density at radius 3 is 2.72 bits per heavy atom. The highest BCUT2D eigenvalue weighted by atomic mass is 16.6. The summed E-state index contributed by atoms with van der Waals surface area (Å²) in [6, 6.07) is 0. The quantitative estimate of drug-likeness (QED) is 0.564. The van der Waals surface area contributed by atoms with Gasteiger partial charge >= 0.3 is 11.9 Å². The van der Waals surface area contributed by atoms with Gasteiger partial charge in [-0.2, -0.15) is 0 Å². The van der Waals surface area contributed by atoms with Crippen LogP contribution < -0.4 is 0 Å². The predicted molar refractivity (Wildman–Crippen MR) is 92.3 cm³/mol. The lowest BCUT2D eigenvalue weighted by Gasteiger charge is -2.23. The van der Waals surface area contributed by atoms with E-state index in [-0.39, 0.29) is 18.0 Å². The molecular formula is C19H25NO5. The zero-order valence-corrected chi connectivity index (χ0v) is 15.4. The van der Waals surface area contributed by atoms with Crippen molar-refractivity contribution in [3.63, 3.8) is 0 Å². The Balaban J connectivity index is 1.90. The minimum absolute atomic E-state index is 0.130. The van der Waals surface area contributed by atoms with Crippen LogP contribution in [-0.4, -0.2) is 48.1 Å². The molecule has 0 aromatic rings. The monoisotopic (exact) mass is 347 g/mol. The molecule has 0 amide bonds. The zero-order valence-electron chi connectivity index (χ0n) is 15.4. The van der Waals surface area contributed by atoms with Crippen molar-refractivity contribution in [2.45, 2.75) is 65.0 Å². The average molecular weight is 347 g/mol. The molecule has 0 aromatic carbocycles. The van der Waals surface area contributed by atoms with Crippen LogP contribution in [0.3, 0.4) is 0 Å². The topological polar surface area (TPSA) is 77.5 Å². The summed E-state index contributed by atoms with van der Waals surface area (Å²) in [7, 11) is 0. The van der Waals surface area contributed by atoms with Crippen LogP contribution in [0.1, 0.15) is 41.0 Å². The first-order valence-electron chi connectivity index (χ1n) is 8.77. The molecule has 4 atom stereocenters. The fraction of sp³-hybridized carbons (Fsp3) is 0.632. The highest BCUT2D eigenvalue weighted by Gasteiger charge is 2.65. The van der Waals surface area contributed by atoms with E-state index in [0.29, 0.717) is 0 Å². The Morgan fingerprint density at radius 1 is 1.36 bits per heavy atom. The summed E-state index contributed by atoms with van der Waals surface area (Å²) in [6.07, 6.45) is 3.65. The molecule has 4 unspecified atom stereocenters. The van der Waals surface area contributed by atoms with Crippen LogP contribution in [0.4, 0.5) is 0 Å². The number of nitrogens with zero attached hydrogens (tertiary/aromatic N) is 1. The van der Waals surface area contributed by atoms with Crippen LogP contribution in [0.5, 0.6) is 0 Å². The molecule has 0 aromatic heterocycles. The third kappa shape index (κ3) is 3.15. The van der Waals surface area contributed by atoms with Crippen LogP contribution in [0.15, 0.2) is 28.3 Å². The lowest BCUT2D eigenvalue weighted by molar-refractivity contribution is -0.164. The lowest BCUT2D eigenvalue weighted by atomic mass is 9.90. The first kappa shape index (κ1) is 17.9. The Kier molecular flexibility index (Phi) is 4.58. The number of carbonyl (C=O) groups is 2. The van der Waals surface area contributed by atoms with Crippen LogP contribution in [0.25, 0.3) is 0 Å². The number of aliphatic imine (C=N–C) groups is 1. The van der Waals surface area contributed by atoms with E-state index in [9.17, 15) is 9.59 Å². The van der Waals surface area contributed by atoms with E-state index in [2.05, 4.69) is 4.99 Å². The van der Waals surface area contributed by atoms with Gasteiger partial charge in [-0.25, -0.2) is 0 Å². The molecule has 0 bridgehead atoms. The SMILES string of the molecule is CC(=O)OC(C)C(C=C1C=C(C)C2=NCCC3OC123)OC(=O)C(C)C. The number of rotatable bonds is 5. The second-order valence-corrected chi connectivity index (χ2v) is 7.18. The van der Waals surface area contributed by atoms with Crippen LogP contribution in [0.2, 0.25) is 0 Å². The van der Waals surface area contributed by atoms with Gasteiger partial charge < -0.3 is 14.2 Å². The van der Waals surface area contributed by atoms with Gasteiger partial charge in [-0.3, -0.25) is 14.6 Å². The standard InChI is InChI=1S/C19H25NO5/c1-10(2)18(22)24-15(12(4)23-13(5)21)9-14-8-11(3)17-19(14)16(25-19)6-7-20-17/h8-10,12,15-16H,6-7H2,1-5H3. The van der Waals surface area contributed by atoms with Gasteiger partial charge in [0.2, 0.25) is 0 Å². The number of ether oxygens (including phenoxy) is 3. The molecule has 1 spiro atoms. The summed E-state index contributed by atoms with van der Waals surface area (Å²) in [5.74, 6) is -1.00. The van der Waals surface area contributed by atoms with Crippen LogP contribution >= 0.6 is 0 Å². The van der Waals surface area contributed by atoms with Crippen molar-refractivity contribution in [2.24, 2.45) is 10.9 Å². The van der Waals surface area contributed by atoms with Crippen molar-refractivity contribution in [1.29, 1.82) is 0 Å². The van der Waals surface area contributed by atoms with E-state index < -0.39 is 23.8 Å². The minimum atomic E-state index is -0.668. The fourth-order valence-corrected chi connectivity index (χ4v) is 3.50. The number of carbonyl (C=O) groups excluding carboxylic acids is 2. The highest BCUT2D eigenvalue weighted by molar-refractivity contribution is 6.15. The van der Waals surface area contributed by atoms with Crippen molar-refractivity contribution < 1.29 is 23.8 Å². The second-order valence-electron chi connectivity index (χ2n) is 7.18. The third-order valence-corrected chi connectivity index (χ3v) is 4.79. The van der Waals surface area contributed by atoms with E-state index in [4.69, 9.17) is 14.2 Å². The van der Waals surface area contributed by atoms with Gasteiger partial charge in [-0.05, 0) is 37.5 Å². The first-order chi connectivity index (χ1) is 11.8. The van der Waals surface area contributed by atoms with E-state index in [1.807, 2.05) is 19.1 Å². The van der Waals surface area contributed by atoms with Crippen LogP contribution in [0, 0.1) is 5.92 Å². The van der Waals surface area contributed by atoms with Gasteiger partial charge in [0, 0.05) is 13.5 Å². The maximum absolute atomic E-state index is 12.1. The molecule has 0 N–H and O–H groups in total. The number of epoxide rings is 1. The van der Waals surface area contributed by atoms with Gasteiger partial charge in [-0.15, -0.1) is 0 Å². The van der Waals surface area contributed by atoms with Crippen molar-refractivity contribution in [2.75, 3.05) is 6.54 Å². The summed E-state index contributed by atoms with van der Waals surface area (Å²) < 4.78 is 16.8. The Hall–Kier alpha value is -1.95. The smallest absolute Gasteiger partial charge is 0.309 e. The zero-order chi connectivity index (χ0) is 18.4. The molecule has 2 heterocycles. The van der Waals surface area contributed by atoms with E-state index >= 15 is 0 Å². The molecule has 6 heteroatoms. The van der Waals surface area contributed by atoms with Gasteiger partial charge in [0.1, 0.15) is 12.2 Å². The maximum atomic E-state index is 12.1. The first-order valence-corrected chi connectivity index (χ1v) is 8.77. The lowest BCUT2D eigenvalue weighted by Crippen LogP contribution is -2.35. The van der Waals surface area contributed by atoms with Crippen molar-refractivity contribution >= 4 is 17.7 Å². The summed E-state index contributed by atoms with van der Waals surface area (Å²) in [6.45, 7) is 9.39. The van der Waals surface area contributed by atoms with E-state index in [1.165, 1.54) is 6.92 Å². The molecule has 1 saturated heterocycles. The Bertz CT molecular complexity index is 690. The molecule has 0 radical (unpaired) electrons. The summed E-state index contributed by atoms with van der Waals surface area (Å²) in [5.41, 5.74) is 2.50. The third-order valence-electron chi connectivity index (χ3n) is 4.79. The molecule has 1 aliphatic carbocycles. The fourth-order valence-electron chi connectivity index (χ4n) is 3.50. The highest BCUT2D eigenvalue weighted by Crippen LogP contribution is 2.54.